The number of nitrogens with zero attached hydrogens (tertiary/aromatic N) is 2. The molecule has 2 atom stereocenters. The Morgan fingerprint density at radius 3 is 1.89 bits per heavy atom. The van der Waals surface area contributed by atoms with Gasteiger partial charge in [0.1, 0.15) is 0 Å². The van der Waals surface area contributed by atoms with Crippen molar-refractivity contribution in [1.82, 2.24) is 0 Å². The highest BCUT2D eigenvalue weighted by Crippen LogP contribution is 2.44. The Bertz CT molecular complexity index is 1150. The smallest absolute Gasteiger partial charge is 0.416 e. The number of carbonyl (C=O) groups excluding carboxylic acids is 1. The summed E-state index contributed by atoms with van der Waals surface area (Å²) < 4.78 is 86.1. The van der Waals surface area contributed by atoms with Gasteiger partial charge in [0.05, 0.1) is 35.7 Å². The molecule has 1 N–H and O–H groups in total. The highest BCUT2D eigenvalue weighted by Gasteiger charge is 2.43. The minimum absolute atomic E-state index is 0.0174. The first-order valence-corrected chi connectivity index (χ1v) is 10.9. The van der Waals surface area contributed by atoms with Crippen molar-refractivity contribution in [3.8, 4) is 0 Å². The molecule has 6 nitrogen and oxygen atoms in total. The summed E-state index contributed by atoms with van der Waals surface area (Å²) in [7, 11) is 0.972. The fourth-order valence-corrected chi connectivity index (χ4v) is 4.32. The minimum atomic E-state index is -5.11. The van der Waals surface area contributed by atoms with Crippen molar-refractivity contribution in [2.24, 2.45) is 0 Å². The molecule has 3 rings (SSSR count). The Balaban J connectivity index is 2.33. The van der Waals surface area contributed by atoms with E-state index in [2.05, 4.69) is 0 Å². The third-order valence-electron chi connectivity index (χ3n) is 6.27. The van der Waals surface area contributed by atoms with Crippen LogP contribution < -0.4 is 9.80 Å². The molecule has 2 aromatic rings. The molecule has 0 aromatic heterocycles. The van der Waals surface area contributed by atoms with Crippen molar-refractivity contribution in [1.29, 1.82) is 0 Å². The number of hydrogen-bond acceptors (Lipinski definition) is 4. The van der Waals surface area contributed by atoms with E-state index in [0.29, 0.717) is 23.3 Å². The number of amides is 1. The second kappa shape index (κ2) is 9.55. The van der Waals surface area contributed by atoms with E-state index in [1.807, 2.05) is 0 Å². The van der Waals surface area contributed by atoms with E-state index in [4.69, 9.17) is 4.74 Å². The second-order valence-corrected chi connectivity index (χ2v) is 8.56. The maximum Gasteiger partial charge on any atom is 0.416 e. The van der Waals surface area contributed by atoms with Crippen LogP contribution in [-0.2, 0) is 21.9 Å². The van der Waals surface area contributed by atoms with Gasteiger partial charge in [0.25, 0.3) is 0 Å². The van der Waals surface area contributed by atoms with E-state index in [0.717, 1.165) is 12.0 Å². The zero-order valence-corrected chi connectivity index (χ0v) is 19.8. The standard InChI is InChI=1S/C24H24F6N2O4/c1-5-17-11-31(18-6-12(2)13(3)7-19(18)32(17)22(34)35)20(21(33)36-4)14-8-15(23(25,26)27)10-16(9-14)24(28,29)30/h6-10,17,20H,5,11H2,1-4H3,(H,34,35)/t17-,20+/m1/s1. The van der Waals surface area contributed by atoms with Gasteiger partial charge in [0, 0.05) is 6.54 Å². The number of alkyl halides is 6. The van der Waals surface area contributed by atoms with E-state index in [-0.39, 0.29) is 30.4 Å². The molecule has 0 saturated carbocycles. The lowest BCUT2D eigenvalue weighted by molar-refractivity contribution is -0.145. The molecule has 0 radical (unpaired) electrons. The quantitative estimate of drug-likeness (QED) is 0.378. The van der Waals surface area contributed by atoms with Crippen LogP contribution in [0.2, 0.25) is 0 Å². The molecule has 0 aliphatic carbocycles. The predicted molar refractivity (Wildman–Crippen MR) is 119 cm³/mol. The van der Waals surface area contributed by atoms with Crippen LogP contribution in [0.5, 0.6) is 0 Å². The number of esters is 1. The first-order chi connectivity index (χ1) is 16.6. The third-order valence-corrected chi connectivity index (χ3v) is 6.27. The van der Waals surface area contributed by atoms with Crippen molar-refractivity contribution in [3.05, 3.63) is 58.1 Å². The summed E-state index contributed by atoms with van der Waals surface area (Å²) in [5.74, 6) is -1.09. The number of carboxylic acid groups (broad SMARTS) is 1. The van der Waals surface area contributed by atoms with Crippen molar-refractivity contribution in [3.63, 3.8) is 0 Å². The van der Waals surface area contributed by atoms with Gasteiger partial charge in [-0.25, -0.2) is 9.59 Å². The van der Waals surface area contributed by atoms with Crippen molar-refractivity contribution < 1.29 is 45.8 Å². The SMILES string of the molecule is CC[C@@H]1CN([C@H](C(=O)OC)c2cc(C(F)(F)F)cc(C(F)(F)F)c2)c2cc(C)c(C)cc2N1C(=O)O. The Morgan fingerprint density at radius 2 is 1.47 bits per heavy atom. The molecule has 36 heavy (non-hydrogen) atoms. The number of rotatable bonds is 4. The zero-order chi connectivity index (χ0) is 27.2. The van der Waals surface area contributed by atoms with Gasteiger partial charge < -0.3 is 14.7 Å². The average molecular weight is 518 g/mol. The minimum Gasteiger partial charge on any atom is -0.467 e. The number of benzene rings is 2. The fourth-order valence-electron chi connectivity index (χ4n) is 4.32. The lowest BCUT2D eigenvalue weighted by Gasteiger charge is -2.45. The summed E-state index contributed by atoms with van der Waals surface area (Å²) in [6.07, 6.45) is -11.2. The van der Waals surface area contributed by atoms with Crippen molar-refractivity contribution in [2.45, 2.75) is 51.6 Å². The molecular weight excluding hydrogens is 494 g/mol. The molecule has 0 unspecified atom stereocenters. The Hall–Kier alpha value is -3.44. The first kappa shape index (κ1) is 27.2. The second-order valence-electron chi connectivity index (χ2n) is 8.56. The van der Waals surface area contributed by atoms with Crippen molar-refractivity contribution >= 4 is 23.4 Å². The van der Waals surface area contributed by atoms with E-state index in [1.165, 1.54) is 4.90 Å². The molecule has 1 aliphatic rings. The summed E-state index contributed by atoms with van der Waals surface area (Å²) in [6, 6.07) is 1.64. The maximum atomic E-state index is 13.5. The van der Waals surface area contributed by atoms with Gasteiger partial charge in [-0.1, -0.05) is 6.92 Å². The van der Waals surface area contributed by atoms with E-state index < -0.39 is 53.2 Å². The van der Waals surface area contributed by atoms with Crippen LogP contribution in [0, 0.1) is 13.8 Å². The Morgan fingerprint density at radius 1 is 0.972 bits per heavy atom. The fraction of sp³-hybridized carbons (Fsp3) is 0.417. The lowest BCUT2D eigenvalue weighted by Crippen LogP contribution is -2.53. The molecule has 196 valence electrons. The van der Waals surface area contributed by atoms with Crippen LogP contribution >= 0.6 is 0 Å². The van der Waals surface area contributed by atoms with Crippen molar-refractivity contribution in [2.75, 3.05) is 23.5 Å². The first-order valence-electron chi connectivity index (χ1n) is 10.9. The van der Waals surface area contributed by atoms with Gasteiger partial charge >= 0.3 is 24.4 Å². The molecule has 1 amide bonds. The predicted octanol–water partition coefficient (Wildman–Crippen LogP) is 6.34. The molecule has 2 aromatic carbocycles. The highest BCUT2D eigenvalue weighted by atomic mass is 19.4. The molecular formula is C24H24F6N2O4. The zero-order valence-electron chi connectivity index (χ0n) is 19.8. The third kappa shape index (κ3) is 5.07. The Kier molecular flexibility index (Phi) is 7.20. The summed E-state index contributed by atoms with van der Waals surface area (Å²) in [5, 5.41) is 9.86. The summed E-state index contributed by atoms with van der Waals surface area (Å²) in [5.41, 5.74) is -1.98. The average Bonchev–Trinajstić information content (AvgIpc) is 2.78. The lowest BCUT2D eigenvalue weighted by atomic mass is 9.94. The van der Waals surface area contributed by atoms with Gasteiger partial charge in [0.15, 0.2) is 6.04 Å². The number of carbonyl (C=O) groups is 2. The Labute approximate surface area is 203 Å². The number of hydrogen-bond donors (Lipinski definition) is 1. The molecule has 12 heteroatoms. The van der Waals surface area contributed by atoms with Crippen LogP contribution in [0.1, 0.15) is 47.2 Å². The van der Waals surface area contributed by atoms with E-state index >= 15 is 0 Å². The topological polar surface area (TPSA) is 70.1 Å². The van der Waals surface area contributed by atoms with Crippen LogP contribution in [0.3, 0.4) is 0 Å². The molecule has 1 heterocycles. The maximum absolute atomic E-state index is 13.5. The summed E-state index contributed by atoms with van der Waals surface area (Å²) in [4.78, 5) is 27.5. The molecule has 0 fully saturated rings. The van der Waals surface area contributed by atoms with Crippen LogP contribution in [0.4, 0.5) is 42.5 Å². The normalized spacial score (nSPS) is 17.0. The van der Waals surface area contributed by atoms with Gasteiger partial charge in [-0.05, 0) is 67.3 Å². The van der Waals surface area contributed by atoms with Crippen LogP contribution in [0.25, 0.3) is 0 Å². The van der Waals surface area contributed by atoms with Gasteiger partial charge in [-0.3, -0.25) is 4.90 Å². The highest BCUT2D eigenvalue weighted by molar-refractivity contribution is 5.95. The van der Waals surface area contributed by atoms with Gasteiger partial charge in [-0.15, -0.1) is 0 Å². The number of methoxy groups -OCH3 is 1. The molecule has 1 aliphatic heterocycles. The van der Waals surface area contributed by atoms with Crippen LogP contribution in [0.15, 0.2) is 30.3 Å². The van der Waals surface area contributed by atoms with Crippen LogP contribution in [-0.4, -0.2) is 36.9 Å². The molecule has 0 bridgehead atoms. The van der Waals surface area contributed by atoms with Gasteiger partial charge in [-0.2, -0.15) is 26.3 Å². The molecule has 0 saturated heterocycles. The number of aryl methyl sites for hydroxylation is 2. The number of ether oxygens (including phenoxy) is 1. The summed E-state index contributed by atoms with van der Waals surface area (Å²) in [6.45, 7) is 4.96. The largest absolute Gasteiger partial charge is 0.467 e. The molecule has 0 spiro atoms. The van der Waals surface area contributed by atoms with Gasteiger partial charge in [0.2, 0.25) is 0 Å². The van der Waals surface area contributed by atoms with E-state index in [9.17, 15) is 41.0 Å². The summed E-state index contributed by atoms with van der Waals surface area (Å²) >= 11 is 0. The monoisotopic (exact) mass is 518 g/mol. The number of anilines is 2. The van der Waals surface area contributed by atoms with E-state index in [1.54, 1.807) is 32.9 Å². The number of halogens is 6. The number of fused-ring (bicyclic) bond motifs is 1.